The fourth-order valence-electron chi connectivity index (χ4n) is 2.08. The van der Waals surface area contributed by atoms with E-state index in [0.29, 0.717) is 13.1 Å². The third-order valence-electron chi connectivity index (χ3n) is 3.18. The molecule has 0 saturated carbocycles. The molecule has 0 aromatic heterocycles. The molecule has 0 unspecified atom stereocenters. The molecular formula is C10H17N5O2. The van der Waals surface area contributed by atoms with Crippen molar-refractivity contribution < 1.29 is 9.59 Å². The van der Waals surface area contributed by atoms with Gasteiger partial charge in [-0.3, -0.25) is 14.6 Å². The maximum atomic E-state index is 11.9. The average molecular weight is 239 g/mol. The zero-order valence-corrected chi connectivity index (χ0v) is 9.85. The van der Waals surface area contributed by atoms with Crippen molar-refractivity contribution in [2.75, 3.05) is 19.6 Å². The Balaban J connectivity index is 1.77. The summed E-state index contributed by atoms with van der Waals surface area (Å²) in [6.07, 6.45) is 3.09. The Morgan fingerprint density at radius 1 is 1.41 bits per heavy atom. The molecule has 2 heterocycles. The van der Waals surface area contributed by atoms with Crippen LogP contribution in [0.25, 0.3) is 0 Å². The van der Waals surface area contributed by atoms with Gasteiger partial charge in [0.05, 0.1) is 0 Å². The van der Waals surface area contributed by atoms with Crippen molar-refractivity contribution in [1.82, 2.24) is 21.0 Å². The summed E-state index contributed by atoms with van der Waals surface area (Å²) < 4.78 is 0. The van der Waals surface area contributed by atoms with Crippen molar-refractivity contribution in [2.24, 2.45) is 11.0 Å². The maximum absolute atomic E-state index is 11.9. The number of hydrazone groups is 1. The van der Waals surface area contributed by atoms with Gasteiger partial charge in [-0.2, -0.15) is 5.10 Å². The van der Waals surface area contributed by atoms with Crippen molar-refractivity contribution in [3.63, 3.8) is 0 Å². The summed E-state index contributed by atoms with van der Waals surface area (Å²) in [6, 6.07) is 0. The van der Waals surface area contributed by atoms with Crippen molar-refractivity contribution >= 4 is 18.0 Å². The molecule has 0 bridgehead atoms. The number of nitrogens with one attached hydrogen (secondary N) is 2. The first-order valence-electron chi connectivity index (χ1n) is 5.75. The number of piperidine rings is 1. The number of carbonyl (C=O) groups is 2. The molecule has 2 aliphatic rings. The minimum atomic E-state index is 0.0506. The second-order valence-corrected chi connectivity index (χ2v) is 4.36. The van der Waals surface area contributed by atoms with E-state index in [1.165, 1.54) is 6.34 Å². The number of carbonyl (C=O) groups excluding carboxylic acids is 2. The van der Waals surface area contributed by atoms with E-state index in [0.717, 1.165) is 12.8 Å². The molecule has 2 N–H and O–H groups in total. The molecule has 17 heavy (non-hydrogen) atoms. The lowest BCUT2D eigenvalue weighted by molar-refractivity contribution is -0.135. The van der Waals surface area contributed by atoms with Gasteiger partial charge in [0, 0.05) is 19.0 Å². The molecule has 1 fully saturated rings. The van der Waals surface area contributed by atoms with Crippen LogP contribution in [0.5, 0.6) is 0 Å². The number of hydrogen-bond acceptors (Lipinski definition) is 6. The summed E-state index contributed by atoms with van der Waals surface area (Å²) >= 11 is 0. The number of rotatable bonds is 3. The lowest BCUT2D eigenvalue weighted by Crippen LogP contribution is -2.48. The SMILES string of the molecule is CC(=O)C1CCN(C(=O)CN2C=NNN2)CC1. The summed E-state index contributed by atoms with van der Waals surface area (Å²) in [5, 5.41) is 5.31. The van der Waals surface area contributed by atoms with Gasteiger partial charge in [-0.05, 0) is 19.8 Å². The van der Waals surface area contributed by atoms with Gasteiger partial charge in [-0.25, -0.2) is 5.53 Å². The van der Waals surface area contributed by atoms with Crippen molar-refractivity contribution in [3.05, 3.63) is 0 Å². The minimum absolute atomic E-state index is 0.0506. The number of hydrogen-bond donors (Lipinski definition) is 2. The molecule has 2 aliphatic heterocycles. The molecule has 94 valence electrons. The van der Waals surface area contributed by atoms with Crippen LogP contribution < -0.4 is 11.1 Å². The summed E-state index contributed by atoms with van der Waals surface area (Å²) in [7, 11) is 0. The van der Waals surface area contributed by atoms with Crippen LogP contribution in [0.2, 0.25) is 0 Å². The number of amides is 1. The molecule has 0 aliphatic carbocycles. The van der Waals surface area contributed by atoms with Gasteiger partial charge in [0.2, 0.25) is 5.91 Å². The van der Waals surface area contributed by atoms with Gasteiger partial charge < -0.3 is 4.90 Å². The number of ketones is 1. The van der Waals surface area contributed by atoms with E-state index in [-0.39, 0.29) is 24.2 Å². The molecule has 0 aromatic carbocycles. The van der Waals surface area contributed by atoms with Crippen molar-refractivity contribution in [2.45, 2.75) is 19.8 Å². The van der Waals surface area contributed by atoms with Gasteiger partial charge in [0.25, 0.3) is 0 Å². The van der Waals surface area contributed by atoms with Gasteiger partial charge in [0.15, 0.2) is 0 Å². The van der Waals surface area contributed by atoms with Gasteiger partial charge in [-0.1, -0.05) is 0 Å². The number of likely N-dealkylation sites (tertiary alicyclic amines) is 1. The average Bonchev–Trinajstić information content (AvgIpc) is 2.82. The van der Waals surface area contributed by atoms with Crippen LogP contribution in [0, 0.1) is 5.92 Å². The normalized spacial score (nSPS) is 20.5. The van der Waals surface area contributed by atoms with Gasteiger partial charge in [0.1, 0.15) is 18.7 Å². The Labute approximate surface area is 99.8 Å². The molecule has 0 radical (unpaired) electrons. The third-order valence-corrected chi connectivity index (χ3v) is 3.18. The molecule has 7 heteroatoms. The van der Waals surface area contributed by atoms with Crippen LogP contribution in [0.4, 0.5) is 0 Å². The molecule has 0 aromatic rings. The monoisotopic (exact) mass is 239 g/mol. The minimum Gasteiger partial charge on any atom is -0.341 e. The zero-order chi connectivity index (χ0) is 12.3. The Bertz CT molecular complexity index is 336. The van der Waals surface area contributed by atoms with Crippen LogP contribution in [0.1, 0.15) is 19.8 Å². The van der Waals surface area contributed by atoms with Crippen LogP contribution in [0.3, 0.4) is 0 Å². The van der Waals surface area contributed by atoms with E-state index >= 15 is 0 Å². The third kappa shape index (κ3) is 2.94. The highest BCUT2D eigenvalue weighted by molar-refractivity contribution is 5.81. The second kappa shape index (κ2) is 5.13. The maximum Gasteiger partial charge on any atom is 0.243 e. The predicted octanol–water partition coefficient (Wildman–Crippen LogP) is -0.918. The fourth-order valence-corrected chi connectivity index (χ4v) is 2.08. The summed E-state index contributed by atoms with van der Waals surface area (Å²) in [6.45, 7) is 3.21. The Morgan fingerprint density at radius 3 is 2.65 bits per heavy atom. The molecule has 2 rings (SSSR count). The van der Waals surface area contributed by atoms with E-state index in [1.54, 1.807) is 16.8 Å². The lowest BCUT2D eigenvalue weighted by atomic mass is 9.93. The largest absolute Gasteiger partial charge is 0.341 e. The fraction of sp³-hybridized carbons (Fsp3) is 0.700. The van der Waals surface area contributed by atoms with Gasteiger partial charge >= 0.3 is 0 Å². The molecule has 7 nitrogen and oxygen atoms in total. The molecule has 1 amide bonds. The van der Waals surface area contributed by atoms with E-state index in [1.807, 2.05) is 0 Å². The summed E-state index contributed by atoms with van der Waals surface area (Å²) in [5.41, 5.74) is 5.25. The topological polar surface area (TPSA) is 77.0 Å². The molecule has 1 saturated heterocycles. The van der Waals surface area contributed by atoms with Gasteiger partial charge in [-0.15, -0.1) is 5.53 Å². The smallest absolute Gasteiger partial charge is 0.243 e. The van der Waals surface area contributed by atoms with Crippen LogP contribution in [-0.2, 0) is 9.59 Å². The second-order valence-electron chi connectivity index (χ2n) is 4.36. The highest BCUT2D eigenvalue weighted by atomic mass is 16.2. The first kappa shape index (κ1) is 11.8. The Kier molecular flexibility index (Phi) is 3.58. The van der Waals surface area contributed by atoms with E-state index in [2.05, 4.69) is 16.2 Å². The quantitative estimate of drug-likeness (QED) is 0.666. The lowest BCUT2D eigenvalue weighted by Gasteiger charge is -2.31. The van der Waals surface area contributed by atoms with Crippen LogP contribution in [0.15, 0.2) is 5.10 Å². The standard InChI is InChI=1S/C10H17N5O2/c1-8(16)9-2-4-14(5-3-9)10(17)6-15-7-11-12-13-15/h7,9,12-13H,2-6H2,1H3. The summed E-state index contributed by atoms with van der Waals surface area (Å²) in [5.74, 6) is 0.413. The molecular weight excluding hydrogens is 222 g/mol. The van der Waals surface area contributed by atoms with E-state index in [9.17, 15) is 9.59 Å². The zero-order valence-electron chi connectivity index (χ0n) is 9.85. The highest BCUT2D eigenvalue weighted by Gasteiger charge is 2.26. The first-order valence-corrected chi connectivity index (χ1v) is 5.75. The Hall–Kier alpha value is -1.63. The molecule has 0 spiro atoms. The van der Waals surface area contributed by atoms with E-state index < -0.39 is 0 Å². The van der Waals surface area contributed by atoms with Crippen LogP contribution >= 0.6 is 0 Å². The van der Waals surface area contributed by atoms with E-state index in [4.69, 9.17) is 0 Å². The highest BCUT2D eigenvalue weighted by Crippen LogP contribution is 2.17. The predicted molar refractivity (Wildman–Crippen MR) is 61.5 cm³/mol. The van der Waals surface area contributed by atoms with Crippen molar-refractivity contribution in [3.8, 4) is 0 Å². The van der Waals surface area contributed by atoms with Crippen molar-refractivity contribution in [1.29, 1.82) is 0 Å². The number of nitrogens with zero attached hydrogens (tertiary/aromatic N) is 3. The molecule has 0 atom stereocenters. The number of Topliss-reactive ketones (excluding diaryl/α,β-unsaturated/α-hetero) is 1. The summed E-state index contributed by atoms with van der Waals surface area (Å²) in [4.78, 5) is 24.9. The first-order chi connectivity index (χ1) is 8.16. The Morgan fingerprint density at radius 2 is 2.12 bits per heavy atom. The number of hydrazine groups is 2. The van der Waals surface area contributed by atoms with Crippen LogP contribution in [-0.4, -0.2) is 47.6 Å².